The molecule has 0 spiro atoms. The van der Waals surface area contributed by atoms with Crippen LogP contribution in [0.2, 0.25) is 0 Å². The van der Waals surface area contributed by atoms with Crippen LogP contribution >= 0.6 is 22.6 Å². The number of esters is 1. The van der Waals surface area contributed by atoms with Gasteiger partial charge in [-0.3, -0.25) is 5.32 Å². The number of methoxy groups -OCH3 is 2. The summed E-state index contributed by atoms with van der Waals surface area (Å²) in [5.74, 6) is -0.807. The molecule has 144 valence electrons. The zero-order valence-corrected chi connectivity index (χ0v) is 20.3. The number of ether oxygens (including phenoxy) is 2. The SMILES string of the molecule is COC(=O)c1ccc(I)cc1S(=O)(=O)NC(=O)Nc1nc(C)nc(OC)n1.[Na+]. The molecule has 0 unspecified atom stereocenters. The minimum atomic E-state index is -4.38. The third kappa shape index (κ3) is 6.23. The molecule has 1 heterocycles. The van der Waals surface area contributed by atoms with Gasteiger partial charge in [0.1, 0.15) is 10.7 Å². The van der Waals surface area contributed by atoms with Crippen molar-refractivity contribution in [3.8, 4) is 6.01 Å². The monoisotopic (exact) mass is 530 g/mol. The molecule has 0 saturated heterocycles. The number of nitrogens with one attached hydrogen (secondary N) is 2. The van der Waals surface area contributed by atoms with Gasteiger partial charge in [-0.25, -0.2) is 22.7 Å². The van der Waals surface area contributed by atoms with Crippen LogP contribution in [-0.4, -0.2) is 49.6 Å². The molecule has 0 radical (unpaired) electrons. The van der Waals surface area contributed by atoms with E-state index >= 15 is 0 Å². The van der Waals surface area contributed by atoms with Crippen LogP contribution in [-0.2, 0) is 14.8 Å². The van der Waals surface area contributed by atoms with Crippen molar-refractivity contribution >= 4 is 50.6 Å². The van der Waals surface area contributed by atoms with Gasteiger partial charge >= 0.3 is 47.6 Å². The average Bonchev–Trinajstić information content (AvgIpc) is 2.59. The summed E-state index contributed by atoms with van der Waals surface area (Å²) in [4.78, 5) is 35.0. The van der Waals surface area contributed by atoms with Gasteiger partial charge in [0.25, 0.3) is 10.0 Å². The van der Waals surface area contributed by atoms with Crippen molar-refractivity contribution in [2.24, 2.45) is 0 Å². The third-order valence-corrected chi connectivity index (χ3v) is 5.04. The Morgan fingerprint density at radius 1 is 1.14 bits per heavy atom. The molecule has 0 aliphatic heterocycles. The summed E-state index contributed by atoms with van der Waals surface area (Å²) in [5, 5.41) is 2.17. The first kappa shape index (κ1) is 24.5. The maximum Gasteiger partial charge on any atom is 1.00 e. The Bertz CT molecular complexity index is 1000. The Morgan fingerprint density at radius 2 is 1.82 bits per heavy atom. The Kier molecular flexibility index (Phi) is 9.00. The van der Waals surface area contributed by atoms with Crippen LogP contribution in [0.25, 0.3) is 0 Å². The molecule has 28 heavy (non-hydrogen) atoms. The molecule has 0 fully saturated rings. The molecule has 0 aliphatic rings. The molecule has 0 aliphatic carbocycles. The van der Waals surface area contributed by atoms with Gasteiger partial charge in [-0.2, -0.15) is 15.0 Å². The summed E-state index contributed by atoms with van der Waals surface area (Å²) in [5.41, 5.74) is -0.212. The summed E-state index contributed by atoms with van der Waals surface area (Å²) >= 11 is 1.88. The van der Waals surface area contributed by atoms with E-state index in [0.717, 1.165) is 7.11 Å². The zero-order valence-electron chi connectivity index (χ0n) is 15.3. The molecule has 11 nitrogen and oxygen atoms in total. The summed E-state index contributed by atoms with van der Waals surface area (Å²) in [6, 6.07) is 2.88. The number of rotatable bonds is 5. The van der Waals surface area contributed by atoms with E-state index < -0.39 is 26.9 Å². The summed E-state index contributed by atoms with van der Waals surface area (Å²) in [7, 11) is -1.94. The molecular weight excluding hydrogens is 516 g/mol. The number of carbonyl (C=O) groups excluding carboxylic acids is 2. The second kappa shape index (κ2) is 10.3. The van der Waals surface area contributed by atoms with Gasteiger partial charge in [-0.15, -0.1) is 0 Å². The topological polar surface area (TPSA) is 149 Å². The number of hydrogen-bond donors (Lipinski definition) is 2. The largest absolute Gasteiger partial charge is 1.00 e. The average molecular weight is 530 g/mol. The van der Waals surface area contributed by atoms with Gasteiger partial charge in [0.15, 0.2) is 0 Å². The number of halogens is 1. The smallest absolute Gasteiger partial charge is 0.467 e. The number of anilines is 1. The standard InChI is InChI=1S/C14H14IN5O6S.Na/c1-7-16-12(19-14(17-7)26-3)18-13(22)20-27(23,24)10-6-8(15)4-5-9(10)11(21)25-2;/h4-6H,1-3H3,(H2,16,17,18,19,20,22);/q;+1. The maximum absolute atomic E-state index is 12.6. The summed E-state index contributed by atoms with van der Waals surface area (Å²) in [6.07, 6.45) is 0. The van der Waals surface area contributed by atoms with E-state index in [0.29, 0.717) is 3.57 Å². The molecule has 0 saturated carbocycles. The predicted molar refractivity (Wildman–Crippen MR) is 101 cm³/mol. The Balaban J connectivity index is 0.00000392. The molecule has 2 N–H and O–H groups in total. The molecule has 1 aromatic heterocycles. The van der Waals surface area contributed by atoms with Crippen LogP contribution in [0.15, 0.2) is 23.1 Å². The molecule has 2 amide bonds. The van der Waals surface area contributed by atoms with E-state index in [4.69, 9.17) is 4.74 Å². The van der Waals surface area contributed by atoms with Crippen LogP contribution in [0, 0.1) is 10.5 Å². The number of sulfonamides is 1. The van der Waals surface area contributed by atoms with Crippen LogP contribution in [0.5, 0.6) is 6.01 Å². The van der Waals surface area contributed by atoms with Crippen molar-refractivity contribution in [1.82, 2.24) is 19.7 Å². The number of carbonyl (C=O) groups is 2. The number of nitrogens with zero attached hydrogens (tertiary/aromatic N) is 3. The Labute approximate surface area is 196 Å². The van der Waals surface area contributed by atoms with E-state index in [-0.39, 0.29) is 52.9 Å². The van der Waals surface area contributed by atoms with Crippen molar-refractivity contribution < 1.29 is 57.0 Å². The van der Waals surface area contributed by atoms with Crippen molar-refractivity contribution in [2.75, 3.05) is 19.5 Å². The van der Waals surface area contributed by atoms with Gasteiger partial charge in [0, 0.05) is 3.57 Å². The normalized spacial score (nSPS) is 10.4. The van der Waals surface area contributed by atoms with Crippen LogP contribution in [0.3, 0.4) is 0 Å². The van der Waals surface area contributed by atoms with Crippen molar-refractivity contribution in [1.29, 1.82) is 0 Å². The number of aromatic nitrogens is 3. The van der Waals surface area contributed by atoms with Crippen molar-refractivity contribution in [2.45, 2.75) is 11.8 Å². The fraction of sp³-hybridized carbons (Fsp3) is 0.214. The van der Waals surface area contributed by atoms with E-state index in [1.165, 1.54) is 25.3 Å². The summed E-state index contributed by atoms with van der Waals surface area (Å²) in [6.45, 7) is 1.54. The summed E-state index contributed by atoms with van der Waals surface area (Å²) < 4.78 is 36.9. The number of aryl methyl sites for hydroxylation is 1. The van der Waals surface area contributed by atoms with E-state index in [2.05, 4.69) is 25.0 Å². The minimum Gasteiger partial charge on any atom is -0.467 e. The molecule has 0 bridgehead atoms. The Hall–Kier alpha value is -1.55. The molecule has 0 atom stereocenters. The van der Waals surface area contributed by atoms with E-state index in [1.807, 2.05) is 22.6 Å². The molecular formula is C14H14IN5NaO6S+. The van der Waals surface area contributed by atoms with E-state index in [1.54, 1.807) is 11.6 Å². The fourth-order valence-electron chi connectivity index (χ4n) is 1.91. The number of urea groups is 1. The minimum absolute atomic E-state index is 0. The second-order valence-electron chi connectivity index (χ2n) is 4.88. The maximum atomic E-state index is 12.6. The molecule has 2 aromatic rings. The molecule has 2 rings (SSSR count). The molecule has 14 heteroatoms. The second-order valence-corrected chi connectivity index (χ2v) is 7.78. The van der Waals surface area contributed by atoms with Gasteiger partial charge in [-0.05, 0) is 47.7 Å². The van der Waals surface area contributed by atoms with Crippen LogP contribution in [0.4, 0.5) is 10.7 Å². The number of hydrogen-bond acceptors (Lipinski definition) is 9. The van der Waals surface area contributed by atoms with Gasteiger partial charge in [0.05, 0.1) is 19.8 Å². The quantitative estimate of drug-likeness (QED) is 0.257. The third-order valence-electron chi connectivity index (χ3n) is 3.00. The van der Waals surface area contributed by atoms with E-state index in [9.17, 15) is 18.0 Å². The fourth-order valence-corrected chi connectivity index (χ4v) is 3.74. The first-order valence-corrected chi connectivity index (χ1v) is 9.71. The first-order valence-electron chi connectivity index (χ1n) is 7.14. The number of amides is 2. The van der Waals surface area contributed by atoms with Gasteiger partial charge in [0.2, 0.25) is 5.95 Å². The van der Waals surface area contributed by atoms with Gasteiger partial charge in [-0.1, -0.05) is 0 Å². The predicted octanol–water partition coefficient (Wildman–Crippen LogP) is -1.91. The van der Waals surface area contributed by atoms with Crippen LogP contribution < -0.4 is 44.3 Å². The van der Waals surface area contributed by atoms with Crippen LogP contribution in [0.1, 0.15) is 16.2 Å². The van der Waals surface area contributed by atoms with Crippen molar-refractivity contribution in [3.05, 3.63) is 33.2 Å². The van der Waals surface area contributed by atoms with Crippen molar-refractivity contribution in [3.63, 3.8) is 0 Å². The zero-order chi connectivity index (χ0) is 20.2. The number of benzene rings is 1. The van der Waals surface area contributed by atoms with Gasteiger partial charge < -0.3 is 9.47 Å². The first-order chi connectivity index (χ1) is 12.7. The molecule has 1 aromatic carbocycles. The Morgan fingerprint density at radius 3 is 2.43 bits per heavy atom.